The van der Waals surface area contributed by atoms with Gasteiger partial charge in [-0.1, -0.05) is 17.3 Å². The van der Waals surface area contributed by atoms with E-state index in [-0.39, 0.29) is 12.5 Å². The molecule has 0 saturated heterocycles. The van der Waals surface area contributed by atoms with Gasteiger partial charge in [-0.25, -0.2) is 0 Å². The molecule has 0 aliphatic heterocycles. The van der Waals surface area contributed by atoms with Crippen molar-refractivity contribution in [2.24, 2.45) is 4.99 Å². The summed E-state index contributed by atoms with van der Waals surface area (Å²) in [6.07, 6.45) is 5.88. The minimum atomic E-state index is -0.203. The van der Waals surface area contributed by atoms with E-state index >= 15 is 0 Å². The molecule has 1 heterocycles. The Morgan fingerprint density at radius 2 is 1.80 bits per heavy atom. The summed E-state index contributed by atoms with van der Waals surface area (Å²) in [5, 5.41) is 0. The maximum absolute atomic E-state index is 12.5. The van der Waals surface area contributed by atoms with Crippen molar-refractivity contribution < 1.29 is 19.0 Å². The summed E-state index contributed by atoms with van der Waals surface area (Å²) in [7, 11) is 4.83. The molecular weight excluding hydrogens is 420 g/mol. The lowest BCUT2D eigenvalue weighted by molar-refractivity contribution is -0.117. The third kappa shape index (κ3) is 4.81. The first-order valence-electron chi connectivity index (χ1n) is 9.13. The second kappa shape index (κ2) is 10.2. The topological polar surface area (TPSA) is 62.1 Å². The van der Waals surface area contributed by atoms with Gasteiger partial charge in [0.2, 0.25) is 5.91 Å². The monoisotopic (exact) mass is 442 g/mol. The number of fused-ring (bicyclic) bond motifs is 1. The predicted molar refractivity (Wildman–Crippen MR) is 121 cm³/mol. The summed E-state index contributed by atoms with van der Waals surface area (Å²) in [4.78, 5) is 18.5. The zero-order chi connectivity index (χ0) is 21.5. The van der Waals surface area contributed by atoms with Crippen LogP contribution >= 0.6 is 23.1 Å². The molecule has 2 aromatic carbocycles. The maximum Gasteiger partial charge on any atom is 0.249 e. The fraction of sp³-hybridized carbons (Fsp3) is 0.273. The molecule has 3 aromatic rings. The highest BCUT2D eigenvalue weighted by atomic mass is 32.2. The van der Waals surface area contributed by atoms with Gasteiger partial charge in [-0.15, -0.1) is 18.2 Å². The van der Waals surface area contributed by atoms with E-state index in [2.05, 4.69) is 10.9 Å². The molecule has 0 bridgehead atoms. The Labute approximate surface area is 183 Å². The molecule has 30 heavy (non-hydrogen) atoms. The van der Waals surface area contributed by atoms with Gasteiger partial charge in [0, 0.05) is 17.1 Å². The first-order valence-corrected chi connectivity index (χ1v) is 10.9. The van der Waals surface area contributed by atoms with Crippen molar-refractivity contribution in [3.05, 3.63) is 41.2 Å². The number of amides is 1. The van der Waals surface area contributed by atoms with Crippen LogP contribution < -0.4 is 19.0 Å². The number of ether oxygens (including phenoxy) is 3. The molecule has 1 aromatic heterocycles. The highest BCUT2D eigenvalue weighted by Gasteiger charge is 2.16. The average Bonchev–Trinajstić information content (AvgIpc) is 3.12. The Kier molecular flexibility index (Phi) is 7.44. The fourth-order valence-electron chi connectivity index (χ4n) is 2.87. The van der Waals surface area contributed by atoms with Gasteiger partial charge in [0.1, 0.15) is 27.5 Å². The van der Waals surface area contributed by atoms with E-state index in [4.69, 9.17) is 20.6 Å². The van der Waals surface area contributed by atoms with Gasteiger partial charge in [0.25, 0.3) is 0 Å². The minimum Gasteiger partial charge on any atom is -0.497 e. The largest absolute Gasteiger partial charge is 0.497 e. The molecule has 0 aliphatic carbocycles. The lowest BCUT2D eigenvalue weighted by atomic mass is 10.3. The van der Waals surface area contributed by atoms with Crippen LogP contribution in [-0.4, -0.2) is 37.6 Å². The SMILES string of the molecule is C#CCn1c(=NC(=O)CCSc2ccc(OC)cc2)sc2c(OC)ccc(OC)c21. The second-order valence-corrected chi connectivity index (χ2v) is 8.25. The van der Waals surface area contributed by atoms with E-state index in [1.807, 2.05) is 41.0 Å². The quantitative estimate of drug-likeness (QED) is 0.390. The van der Waals surface area contributed by atoms with Crippen molar-refractivity contribution >= 4 is 39.2 Å². The van der Waals surface area contributed by atoms with Crippen molar-refractivity contribution in [2.45, 2.75) is 17.9 Å². The number of carbonyl (C=O) groups is 1. The van der Waals surface area contributed by atoms with E-state index in [9.17, 15) is 4.79 Å². The number of hydrogen-bond donors (Lipinski definition) is 0. The van der Waals surface area contributed by atoms with Crippen molar-refractivity contribution in [3.8, 4) is 29.6 Å². The number of terminal acetylenes is 1. The van der Waals surface area contributed by atoms with Gasteiger partial charge < -0.3 is 18.8 Å². The molecule has 6 nitrogen and oxygen atoms in total. The van der Waals surface area contributed by atoms with Crippen molar-refractivity contribution in [1.29, 1.82) is 0 Å². The Balaban J connectivity index is 1.84. The van der Waals surface area contributed by atoms with Gasteiger partial charge >= 0.3 is 0 Å². The Bertz CT molecular complexity index is 1140. The lowest BCUT2D eigenvalue weighted by Crippen LogP contribution is -2.17. The van der Waals surface area contributed by atoms with Crippen LogP contribution in [0.25, 0.3) is 10.2 Å². The van der Waals surface area contributed by atoms with Crippen molar-refractivity contribution in [1.82, 2.24) is 4.57 Å². The summed E-state index contributed by atoms with van der Waals surface area (Å²) >= 11 is 2.96. The van der Waals surface area contributed by atoms with E-state index in [1.165, 1.54) is 11.3 Å². The summed E-state index contributed by atoms with van der Waals surface area (Å²) in [6.45, 7) is 0.274. The summed E-state index contributed by atoms with van der Waals surface area (Å²) < 4.78 is 18.8. The van der Waals surface area contributed by atoms with E-state index < -0.39 is 0 Å². The van der Waals surface area contributed by atoms with Gasteiger partial charge in [-0.2, -0.15) is 4.99 Å². The number of hydrogen-bond acceptors (Lipinski definition) is 6. The highest BCUT2D eigenvalue weighted by Crippen LogP contribution is 2.35. The Morgan fingerprint density at radius 3 is 2.43 bits per heavy atom. The molecule has 1 amide bonds. The molecule has 0 atom stereocenters. The van der Waals surface area contributed by atoms with E-state index in [0.29, 0.717) is 28.5 Å². The molecule has 0 N–H and O–H groups in total. The van der Waals surface area contributed by atoms with Crippen LogP contribution in [0.1, 0.15) is 6.42 Å². The number of aromatic nitrogens is 1. The fourth-order valence-corrected chi connectivity index (χ4v) is 4.86. The van der Waals surface area contributed by atoms with E-state index in [1.54, 1.807) is 33.1 Å². The molecule has 0 saturated carbocycles. The third-order valence-corrected chi connectivity index (χ3v) is 6.41. The number of carbonyl (C=O) groups excluding carboxylic acids is 1. The first-order chi connectivity index (χ1) is 14.6. The van der Waals surface area contributed by atoms with Crippen molar-refractivity contribution in [2.75, 3.05) is 27.1 Å². The van der Waals surface area contributed by atoms with Crippen LogP contribution in [0.5, 0.6) is 17.2 Å². The van der Waals surface area contributed by atoms with Crippen LogP contribution in [0.2, 0.25) is 0 Å². The molecular formula is C22H22N2O4S2. The van der Waals surface area contributed by atoms with Crippen LogP contribution in [-0.2, 0) is 11.3 Å². The number of methoxy groups -OCH3 is 3. The van der Waals surface area contributed by atoms with Crippen molar-refractivity contribution in [3.63, 3.8) is 0 Å². The van der Waals surface area contributed by atoms with Crippen LogP contribution in [0.4, 0.5) is 0 Å². The highest BCUT2D eigenvalue weighted by molar-refractivity contribution is 7.99. The number of nitrogens with zero attached hydrogens (tertiary/aromatic N) is 2. The van der Waals surface area contributed by atoms with Gasteiger partial charge in [0.05, 0.1) is 27.9 Å². The molecule has 8 heteroatoms. The molecule has 0 fully saturated rings. The lowest BCUT2D eigenvalue weighted by Gasteiger charge is -2.08. The minimum absolute atomic E-state index is 0.203. The van der Waals surface area contributed by atoms with Gasteiger partial charge in [-0.05, 0) is 36.4 Å². The number of benzene rings is 2. The van der Waals surface area contributed by atoms with Crippen LogP contribution in [0.3, 0.4) is 0 Å². The zero-order valence-corrected chi connectivity index (χ0v) is 18.6. The Hall–Kier alpha value is -2.89. The summed E-state index contributed by atoms with van der Waals surface area (Å²) in [5.74, 6) is 5.19. The van der Waals surface area contributed by atoms with E-state index in [0.717, 1.165) is 20.9 Å². The van der Waals surface area contributed by atoms with Crippen LogP contribution in [0.15, 0.2) is 46.3 Å². The summed E-state index contributed by atoms with van der Waals surface area (Å²) in [5.41, 5.74) is 0.777. The van der Waals surface area contributed by atoms with Gasteiger partial charge in [0.15, 0.2) is 4.80 Å². The van der Waals surface area contributed by atoms with Gasteiger partial charge in [-0.3, -0.25) is 4.79 Å². The molecule has 0 radical (unpaired) electrons. The predicted octanol–water partition coefficient (Wildman–Crippen LogP) is 3.97. The molecule has 0 spiro atoms. The Morgan fingerprint density at radius 1 is 1.10 bits per heavy atom. The molecule has 156 valence electrons. The zero-order valence-electron chi connectivity index (χ0n) is 17.0. The normalized spacial score (nSPS) is 11.3. The first kappa shape index (κ1) is 21.8. The molecule has 0 unspecified atom stereocenters. The average molecular weight is 443 g/mol. The number of thiazole rings is 1. The molecule has 3 rings (SSSR count). The number of thioether (sulfide) groups is 1. The summed E-state index contributed by atoms with van der Waals surface area (Å²) in [6, 6.07) is 11.4. The standard InChI is InChI=1S/C22H22N2O4S2/c1-5-13-24-20-17(27-3)10-11-18(28-4)21(20)30-22(24)23-19(25)12-14-29-16-8-6-15(26-2)7-9-16/h1,6-11H,12-14H2,2-4H3. The smallest absolute Gasteiger partial charge is 0.249 e. The third-order valence-electron chi connectivity index (χ3n) is 4.31. The second-order valence-electron chi connectivity index (χ2n) is 6.10. The van der Waals surface area contributed by atoms with Crippen LogP contribution in [0, 0.1) is 12.3 Å². The molecule has 0 aliphatic rings. The maximum atomic E-state index is 12.5. The number of rotatable bonds is 8.